The summed E-state index contributed by atoms with van der Waals surface area (Å²) in [5, 5.41) is 2.91. The lowest BCUT2D eigenvalue weighted by Crippen LogP contribution is -2.49. The maximum Gasteiger partial charge on any atom is 0.267 e. The number of benzene rings is 3. The number of fused-ring (bicyclic) bond motifs is 1. The van der Waals surface area contributed by atoms with E-state index in [1.165, 1.54) is 4.31 Å². The van der Waals surface area contributed by atoms with Gasteiger partial charge in [0.05, 0.1) is 17.1 Å². The fourth-order valence-corrected chi connectivity index (χ4v) is 5.37. The predicted octanol–water partition coefficient (Wildman–Crippen LogP) is 5.20. The number of nitrogens with one attached hydrogen (secondary N) is 1. The second kappa shape index (κ2) is 8.80. The van der Waals surface area contributed by atoms with Crippen molar-refractivity contribution in [2.75, 3.05) is 16.2 Å². The van der Waals surface area contributed by atoms with E-state index in [9.17, 15) is 13.2 Å². The molecule has 1 N–H and O–H groups in total. The molecule has 3 aromatic carbocycles. The van der Waals surface area contributed by atoms with Crippen LogP contribution in [0.5, 0.6) is 5.75 Å². The van der Waals surface area contributed by atoms with Crippen molar-refractivity contribution >= 4 is 27.3 Å². The van der Waals surface area contributed by atoms with Gasteiger partial charge in [0.2, 0.25) is 0 Å². The number of carbonyl (C=O) groups excluding carboxylic acids is 1. The minimum Gasteiger partial charge on any atom is -0.476 e. The van der Waals surface area contributed by atoms with Gasteiger partial charge in [-0.1, -0.05) is 57.2 Å². The summed E-state index contributed by atoms with van der Waals surface area (Å²) in [6.45, 7) is 9.92. The molecule has 34 heavy (non-hydrogen) atoms. The number of carbonyl (C=O) groups is 1. The summed E-state index contributed by atoms with van der Waals surface area (Å²) >= 11 is 0. The molecule has 0 spiro atoms. The van der Waals surface area contributed by atoms with Crippen LogP contribution in [0.1, 0.15) is 37.5 Å². The standard InChI is InChI=1S/C27H30N2O4S/c1-18-11-12-19(2)22(15-18)28-26(30)25-17-29(34(31,32)21-9-7-6-8-10-21)23-16-20(27(3,4)5)13-14-24(23)33-25/h6-16,25H,17H2,1-5H3,(H,28,30). The molecule has 0 bridgehead atoms. The van der Waals surface area contributed by atoms with E-state index in [2.05, 4.69) is 26.1 Å². The summed E-state index contributed by atoms with van der Waals surface area (Å²) in [5.41, 5.74) is 3.83. The summed E-state index contributed by atoms with van der Waals surface area (Å²) in [7, 11) is -3.92. The second-order valence-corrected chi connectivity index (χ2v) is 11.6. The minimum absolute atomic E-state index is 0.130. The van der Waals surface area contributed by atoms with Crippen molar-refractivity contribution in [2.45, 2.75) is 51.0 Å². The largest absolute Gasteiger partial charge is 0.476 e. The molecule has 1 atom stereocenters. The normalized spacial score (nSPS) is 15.9. The van der Waals surface area contributed by atoms with Crippen LogP contribution in [0.25, 0.3) is 0 Å². The van der Waals surface area contributed by atoms with E-state index in [0.29, 0.717) is 17.1 Å². The third-order valence-electron chi connectivity index (χ3n) is 5.97. The predicted molar refractivity (Wildman–Crippen MR) is 135 cm³/mol. The molecule has 3 aromatic rings. The highest BCUT2D eigenvalue weighted by Crippen LogP contribution is 2.40. The van der Waals surface area contributed by atoms with Crippen molar-refractivity contribution in [1.82, 2.24) is 0 Å². The Kier molecular flexibility index (Phi) is 6.16. The Labute approximate surface area is 201 Å². The zero-order chi connectivity index (χ0) is 24.7. The van der Waals surface area contributed by atoms with Crippen LogP contribution in [0.3, 0.4) is 0 Å². The first-order valence-electron chi connectivity index (χ1n) is 11.2. The van der Waals surface area contributed by atoms with Gasteiger partial charge in [-0.3, -0.25) is 9.10 Å². The average molecular weight is 479 g/mol. The van der Waals surface area contributed by atoms with Crippen molar-refractivity contribution in [3.63, 3.8) is 0 Å². The fraction of sp³-hybridized carbons (Fsp3) is 0.296. The van der Waals surface area contributed by atoms with Crippen LogP contribution in [-0.2, 0) is 20.2 Å². The third kappa shape index (κ3) is 4.66. The van der Waals surface area contributed by atoms with Crippen molar-refractivity contribution in [3.05, 3.63) is 83.4 Å². The molecule has 0 fully saturated rings. The van der Waals surface area contributed by atoms with Crippen LogP contribution >= 0.6 is 0 Å². The van der Waals surface area contributed by atoms with Gasteiger partial charge in [0, 0.05) is 5.69 Å². The van der Waals surface area contributed by atoms with E-state index in [0.717, 1.165) is 16.7 Å². The van der Waals surface area contributed by atoms with Crippen LogP contribution in [0.4, 0.5) is 11.4 Å². The number of sulfonamides is 1. The SMILES string of the molecule is Cc1ccc(C)c(NC(=O)C2CN(S(=O)(=O)c3ccccc3)c3cc(C(C)(C)C)ccc3O2)c1. The van der Waals surface area contributed by atoms with Gasteiger partial charge in [-0.25, -0.2) is 8.42 Å². The van der Waals surface area contributed by atoms with Gasteiger partial charge in [0.25, 0.3) is 15.9 Å². The highest BCUT2D eigenvalue weighted by molar-refractivity contribution is 7.92. The van der Waals surface area contributed by atoms with E-state index >= 15 is 0 Å². The molecular formula is C27H30N2O4S. The number of hydrogen-bond acceptors (Lipinski definition) is 4. The Morgan fingerprint density at radius 1 is 1.00 bits per heavy atom. The van der Waals surface area contributed by atoms with Gasteiger partial charge < -0.3 is 10.1 Å². The molecule has 4 rings (SSSR count). The van der Waals surface area contributed by atoms with E-state index in [1.54, 1.807) is 36.4 Å². The first-order chi connectivity index (χ1) is 16.0. The van der Waals surface area contributed by atoms with Crippen molar-refractivity contribution < 1.29 is 17.9 Å². The van der Waals surface area contributed by atoms with Gasteiger partial charge in [0.1, 0.15) is 5.75 Å². The summed E-state index contributed by atoms with van der Waals surface area (Å²) in [6.07, 6.45) is -1.01. The quantitative estimate of drug-likeness (QED) is 0.560. The Hall–Kier alpha value is -3.32. The Bertz CT molecular complexity index is 1330. The van der Waals surface area contributed by atoms with E-state index in [-0.39, 0.29) is 16.9 Å². The molecule has 7 heteroatoms. The molecule has 0 aliphatic carbocycles. The number of rotatable bonds is 4. The number of aryl methyl sites for hydroxylation is 2. The number of hydrogen-bond donors (Lipinski definition) is 1. The van der Waals surface area contributed by atoms with Crippen LogP contribution < -0.4 is 14.4 Å². The molecule has 178 valence electrons. The third-order valence-corrected chi connectivity index (χ3v) is 7.76. The molecule has 0 radical (unpaired) electrons. The van der Waals surface area contributed by atoms with Crippen LogP contribution in [0.2, 0.25) is 0 Å². The zero-order valence-corrected chi connectivity index (χ0v) is 20.9. The summed E-state index contributed by atoms with van der Waals surface area (Å²) in [5.74, 6) is -0.0348. The Morgan fingerprint density at radius 2 is 1.71 bits per heavy atom. The summed E-state index contributed by atoms with van der Waals surface area (Å²) in [4.78, 5) is 13.4. The number of anilines is 2. The zero-order valence-electron chi connectivity index (χ0n) is 20.1. The van der Waals surface area contributed by atoms with E-state index in [4.69, 9.17) is 4.74 Å². The number of amides is 1. The monoisotopic (exact) mass is 478 g/mol. The lowest BCUT2D eigenvalue weighted by molar-refractivity contribution is -0.122. The van der Waals surface area contributed by atoms with Crippen LogP contribution in [0.15, 0.2) is 71.6 Å². The molecule has 0 saturated carbocycles. The molecule has 1 aliphatic heterocycles. The van der Waals surface area contributed by atoms with Gasteiger partial charge in [-0.15, -0.1) is 0 Å². The van der Waals surface area contributed by atoms with Crippen LogP contribution in [-0.4, -0.2) is 27.0 Å². The lowest BCUT2D eigenvalue weighted by atomic mass is 9.86. The first kappa shape index (κ1) is 23.8. The van der Waals surface area contributed by atoms with E-state index < -0.39 is 22.0 Å². The second-order valence-electron chi connectivity index (χ2n) is 9.70. The van der Waals surface area contributed by atoms with Gasteiger partial charge in [-0.05, 0) is 66.3 Å². The minimum atomic E-state index is -3.92. The first-order valence-corrected chi connectivity index (χ1v) is 12.7. The number of ether oxygens (including phenoxy) is 1. The molecule has 1 amide bonds. The summed E-state index contributed by atoms with van der Waals surface area (Å²) in [6, 6.07) is 19.6. The molecule has 1 aliphatic rings. The smallest absolute Gasteiger partial charge is 0.267 e. The topological polar surface area (TPSA) is 75.7 Å². The van der Waals surface area contributed by atoms with E-state index in [1.807, 2.05) is 44.2 Å². The van der Waals surface area contributed by atoms with Gasteiger partial charge >= 0.3 is 0 Å². The molecule has 1 unspecified atom stereocenters. The molecule has 0 aromatic heterocycles. The fourth-order valence-electron chi connectivity index (χ4n) is 3.89. The van der Waals surface area contributed by atoms with Crippen molar-refractivity contribution in [2.24, 2.45) is 0 Å². The number of nitrogens with zero attached hydrogens (tertiary/aromatic N) is 1. The highest BCUT2D eigenvalue weighted by atomic mass is 32.2. The van der Waals surface area contributed by atoms with Crippen molar-refractivity contribution in [3.8, 4) is 5.75 Å². The molecular weight excluding hydrogens is 448 g/mol. The maximum atomic E-state index is 13.7. The molecule has 6 nitrogen and oxygen atoms in total. The van der Waals surface area contributed by atoms with Gasteiger partial charge in [-0.2, -0.15) is 0 Å². The Balaban J connectivity index is 1.75. The summed E-state index contributed by atoms with van der Waals surface area (Å²) < 4.78 is 34.7. The van der Waals surface area contributed by atoms with Gasteiger partial charge in [0.15, 0.2) is 6.10 Å². The Morgan fingerprint density at radius 3 is 2.38 bits per heavy atom. The average Bonchev–Trinajstić information content (AvgIpc) is 2.80. The van der Waals surface area contributed by atoms with Crippen molar-refractivity contribution in [1.29, 1.82) is 0 Å². The molecule has 1 heterocycles. The highest BCUT2D eigenvalue weighted by Gasteiger charge is 2.38. The van der Waals surface area contributed by atoms with Crippen LogP contribution in [0, 0.1) is 13.8 Å². The lowest BCUT2D eigenvalue weighted by Gasteiger charge is -2.36. The maximum absolute atomic E-state index is 13.7. The molecule has 0 saturated heterocycles.